The molecule has 2 aliphatic heterocycles. The zero-order valence-electron chi connectivity index (χ0n) is 11.9. The molecule has 2 aromatic rings. The average Bonchev–Trinajstić information content (AvgIpc) is 3.04. The zero-order valence-corrected chi connectivity index (χ0v) is 11.9. The smallest absolute Gasteiger partial charge is 0.283 e. The summed E-state index contributed by atoms with van der Waals surface area (Å²) in [7, 11) is 0. The summed E-state index contributed by atoms with van der Waals surface area (Å²) in [6.45, 7) is 0. The maximum absolute atomic E-state index is 12.7. The van der Waals surface area contributed by atoms with E-state index in [0.717, 1.165) is 5.01 Å². The van der Waals surface area contributed by atoms with Gasteiger partial charge in [-0.3, -0.25) is 19.8 Å². The summed E-state index contributed by atoms with van der Waals surface area (Å²) in [5, 5.41) is 3.82. The second-order valence-corrected chi connectivity index (χ2v) is 5.17. The van der Waals surface area contributed by atoms with Gasteiger partial charge in [-0.25, -0.2) is 5.01 Å². The fourth-order valence-corrected chi connectivity index (χ4v) is 2.76. The Morgan fingerprint density at radius 2 is 1.43 bits per heavy atom. The summed E-state index contributed by atoms with van der Waals surface area (Å²) < 4.78 is 0. The van der Waals surface area contributed by atoms with Gasteiger partial charge >= 0.3 is 0 Å². The number of hydrazine groups is 1. The van der Waals surface area contributed by atoms with Crippen LogP contribution in [0, 0.1) is 0 Å². The van der Waals surface area contributed by atoms with Crippen molar-refractivity contribution in [3.63, 3.8) is 0 Å². The molecule has 0 aromatic heterocycles. The monoisotopic (exact) mass is 305 g/mol. The minimum Gasteiger partial charge on any atom is -0.321 e. The van der Waals surface area contributed by atoms with Gasteiger partial charge in [0.1, 0.15) is 5.57 Å². The van der Waals surface area contributed by atoms with Gasteiger partial charge in [0.15, 0.2) is 0 Å². The molecule has 0 saturated carbocycles. The molecule has 2 N–H and O–H groups in total. The molecule has 0 spiro atoms. The molecular weight excluding hydrogens is 294 g/mol. The lowest BCUT2D eigenvalue weighted by atomic mass is 10.0. The van der Waals surface area contributed by atoms with Gasteiger partial charge in [-0.1, -0.05) is 36.4 Å². The first-order valence-corrected chi connectivity index (χ1v) is 7.02. The maximum atomic E-state index is 12.7. The number of hydrogen-bond acceptors (Lipinski definition) is 3. The van der Waals surface area contributed by atoms with Crippen molar-refractivity contribution in [2.75, 3.05) is 10.3 Å². The molecule has 6 heteroatoms. The lowest BCUT2D eigenvalue weighted by Gasteiger charge is -2.14. The highest BCUT2D eigenvalue weighted by Crippen LogP contribution is 2.35. The van der Waals surface area contributed by atoms with Gasteiger partial charge in [-0.2, -0.15) is 0 Å². The van der Waals surface area contributed by atoms with E-state index in [1.165, 1.54) is 0 Å². The summed E-state index contributed by atoms with van der Waals surface area (Å²) in [5.41, 5.74) is 4.17. The van der Waals surface area contributed by atoms with Gasteiger partial charge in [0.25, 0.3) is 17.7 Å². The molecular formula is C17H11N3O3. The van der Waals surface area contributed by atoms with Crippen molar-refractivity contribution in [1.29, 1.82) is 0 Å². The average molecular weight is 305 g/mol. The number of para-hydroxylation sites is 2. The third-order valence-electron chi connectivity index (χ3n) is 3.79. The molecule has 112 valence electrons. The summed E-state index contributed by atoms with van der Waals surface area (Å²) in [6.07, 6.45) is 0. The summed E-state index contributed by atoms with van der Waals surface area (Å²) in [5.74, 6) is -1.57. The van der Waals surface area contributed by atoms with E-state index < -0.39 is 17.7 Å². The number of hydrogen-bond donors (Lipinski definition) is 2. The van der Waals surface area contributed by atoms with Crippen LogP contribution in [0.25, 0.3) is 5.57 Å². The molecule has 2 aromatic carbocycles. The maximum Gasteiger partial charge on any atom is 0.283 e. The van der Waals surface area contributed by atoms with Crippen LogP contribution in [0.15, 0.2) is 60.2 Å². The van der Waals surface area contributed by atoms with Gasteiger partial charge in [-0.05, 0) is 18.2 Å². The van der Waals surface area contributed by atoms with Crippen LogP contribution in [0.5, 0.6) is 0 Å². The highest BCUT2D eigenvalue weighted by Gasteiger charge is 2.41. The zero-order chi connectivity index (χ0) is 16.0. The van der Waals surface area contributed by atoms with Crippen LogP contribution >= 0.6 is 0 Å². The molecule has 6 nitrogen and oxygen atoms in total. The standard InChI is InChI=1S/C17H11N3O3/c21-15-13(11-8-4-5-9-12(11)18-15)14-16(22)19-20(17(14)23)10-6-2-1-3-7-10/h1-9H,(H,18,21)(H,19,22)/b14-13-. The van der Waals surface area contributed by atoms with Gasteiger partial charge < -0.3 is 5.32 Å². The third kappa shape index (κ3) is 1.92. The second kappa shape index (κ2) is 4.81. The Hall–Kier alpha value is -3.41. The molecule has 0 atom stereocenters. The van der Waals surface area contributed by atoms with E-state index in [1.54, 1.807) is 48.5 Å². The first-order chi connectivity index (χ1) is 11.2. The quantitative estimate of drug-likeness (QED) is 0.618. The van der Waals surface area contributed by atoms with Crippen LogP contribution in [0.1, 0.15) is 5.56 Å². The first kappa shape index (κ1) is 13.3. The van der Waals surface area contributed by atoms with E-state index >= 15 is 0 Å². The van der Waals surface area contributed by atoms with Crippen molar-refractivity contribution in [2.24, 2.45) is 0 Å². The molecule has 0 bridgehead atoms. The van der Waals surface area contributed by atoms with E-state index in [-0.39, 0.29) is 11.1 Å². The number of rotatable bonds is 1. The predicted octanol–water partition coefficient (Wildman–Crippen LogP) is 1.47. The van der Waals surface area contributed by atoms with Crippen LogP contribution in [0.4, 0.5) is 11.4 Å². The van der Waals surface area contributed by atoms with E-state index in [2.05, 4.69) is 10.7 Å². The topological polar surface area (TPSA) is 78.5 Å². The Labute approximate surface area is 131 Å². The highest BCUT2D eigenvalue weighted by atomic mass is 16.2. The SMILES string of the molecule is O=C1NN(c2ccccc2)C(=O)/C1=C1\C(=O)Nc2ccccc21. The van der Waals surface area contributed by atoms with Crippen LogP contribution in [-0.2, 0) is 14.4 Å². The van der Waals surface area contributed by atoms with E-state index in [9.17, 15) is 14.4 Å². The molecule has 0 aliphatic carbocycles. The Balaban J connectivity index is 1.85. The largest absolute Gasteiger partial charge is 0.321 e. The van der Waals surface area contributed by atoms with Crippen LogP contribution < -0.4 is 15.8 Å². The van der Waals surface area contributed by atoms with Crippen molar-refractivity contribution in [2.45, 2.75) is 0 Å². The van der Waals surface area contributed by atoms with Crippen molar-refractivity contribution in [3.05, 3.63) is 65.7 Å². The second-order valence-electron chi connectivity index (χ2n) is 5.17. The molecule has 0 unspecified atom stereocenters. The third-order valence-corrected chi connectivity index (χ3v) is 3.79. The normalized spacial score (nSPS) is 19.7. The molecule has 23 heavy (non-hydrogen) atoms. The van der Waals surface area contributed by atoms with Crippen molar-refractivity contribution < 1.29 is 14.4 Å². The molecule has 3 amide bonds. The number of fused-ring (bicyclic) bond motifs is 1. The van der Waals surface area contributed by atoms with Crippen molar-refractivity contribution in [3.8, 4) is 0 Å². The van der Waals surface area contributed by atoms with Crippen molar-refractivity contribution in [1.82, 2.24) is 5.43 Å². The Morgan fingerprint density at radius 1 is 0.739 bits per heavy atom. The highest BCUT2D eigenvalue weighted by molar-refractivity contribution is 6.44. The lowest BCUT2D eigenvalue weighted by molar-refractivity contribution is -0.118. The Morgan fingerprint density at radius 3 is 2.22 bits per heavy atom. The van der Waals surface area contributed by atoms with E-state index in [1.807, 2.05) is 6.07 Å². The summed E-state index contributed by atoms with van der Waals surface area (Å²) in [4.78, 5) is 37.2. The minimum atomic E-state index is -0.583. The van der Waals surface area contributed by atoms with E-state index in [4.69, 9.17) is 0 Å². The van der Waals surface area contributed by atoms with E-state index in [0.29, 0.717) is 16.9 Å². The predicted molar refractivity (Wildman–Crippen MR) is 84.1 cm³/mol. The van der Waals surface area contributed by atoms with Gasteiger partial charge in [0, 0.05) is 11.3 Å². The molecule has 4 rings (SSSR count). The molecule has 1 fully saturated rings. The van der Waals surface area contributed by atoms with Crippen LogP contribution in [-0.4, -0.2) is 17.7 Å². The first-order valence-electron chi connectivity index (χ1n) is 7.02. The fraction of sp³-hybridized carbons (Fsp3) is 0. The molecule has 2 heterocycles. The number of benzene rings is 2. The number of amides is 3. The summed E-state index contributed by atoms with van der Waals surface area (Å²) in [6, 6.07) is 15.7. The van der Waals surface area contributed by atoms with Crippen LogP contribution in [0.3, 0.4) is 0 Å². The molecule has 1 saturated heterocycles. The number of nitrogens with one attached hydrogen (secondary N) is 2. The minimum absolute atomic E-state index is 0.113. The molecule has 2 aliphatic rings. The van der Waals surface area contributed by atoms with Gasteiger partial charge in [0.2, 0.25) is 0 Å². The Bertz CT molecular complexity index is 887. The number of carbonyl (C=O) groups is 3. The Kier molecular flexibility index (Phi) is 2.77. The summed E-state index contributed by atoms with van der Waals surface area (Å²) >= 11 is 0. The number of carbonyl (C=O) groups excluding carboxylic acids is 3. The van der Waals surface area contributed by atoms with Crippen LogP contribution in [0.2, 0.25) is 0 Å². The number of anilines is 2. The molecule has 0 radical (unpaired) electrons. The van der Waals surface area contributed by atoms with Gasteiger partial charge in [-0.15, -0.1) is 0 Å². The van der Waals surface area contributed by atoms with Gasteiger partial charge in [0.05, 0.1) is 11.3 Å². The number of nitrogens with zero attached hydrogens (tertiary/aromatic N) is 1. The fourth-order valence-electron chi connectivity index (χ4n) is 2.76. The lowest BCUT2D eigenvalue weighted by Crippen LogP contribution is -2.35. The van der Waals surface area contributed by atoms with Crippen molar-refractivity contribution >= 4 is 34.7 Å².